The van der Waals surface area contributed by atoms with Crippen LogP contribution in [0.2, 0.25) is 0 Å². The van der Waals surface area contributed by atoms with Gasteiger partial charge < -0.3 is 10.2 Å². The van der Waals surface area contributed by atoms with Gasteiger partial charge in [0.05, 0.1) is 17.4 Å². The third kappa shape index (κ3) is 3.43. The molecule has 2 amide bonds. The van der Waals surface area contributed by atoms with Gasteiger partial charge in [-0.05, 0) is 31.0 Å². The van der Waals surface area contributed by atoms with E-state index in [0.717, 1.165) is 0 Å². The Bertz CT molecular complexity index is 793. The molecule has 0 aliphatic carbocycles. The van der Waals surface area contributed by atoms with Gasteiger partial charge in [0.1, 0.15) is 5.82 Å². The van der Waals surface area contributed by atoms with Gasteiger partial charge in [-0.3, -0.25) is 9.59 Å². The van der Waals surface area contributed by atoms with Crippen molar-refractivity contribution in [3.63, 3.8) is 0 Å². The van der Waals surface area contributed by atoms with Gasteiger partial charge in [-0.15, -0.1) is 0 Å². The molecule has 2 atom stereocenters. The molecule has 2 aliphatic heterocycles. The second-order valence-electron chi connectivity index (χ2n) is 6.45. The molecule has 130 valence electrons. The highest BCUT2D eigenvalue weighted by Gasteiger charge is 2.37. The number of carbonyl (C=O) groups excluding carboxylic acids is 2. The number of hydrogen-bond donors (Lipinski definition) is 1. The van der Waals surface area contributed by atoms with Crippen LogP contribution in [0.3, 0.4) is 0 Å². The molecule has 0 unspecified atom stereocenters. The minimum atomic E-state index is -3.07. The molecule has 2 fully saturated rings. The summed E-state index contributed by atoms with van der Waals surface area (Å²) in [6.07, 6.45) is 0.447. The maximum Gasteiger partial charge on any atom is 0.227 e. The number of nitrogens with zero attached hydrogens (tertiary/aromatic N) is 1. The molecule has 0 saturated carbocycles. The number of rotatable bonds is 3. The van der Waals surface area contributed by atoms with E-state index < -0.39 is 21.6 Å². The molecule has 0 bridgehead atoms. The number of anilines is 1. The average Bonchev–Trinajstić information content (AvgIpc) is 3.05. The van der Waals surface area contributed by atoms with Crippen LogP contribution in [0, 0.1) is 18.7 Å². The van der Waals surface area contributed by atoms with E-state index in [0.29, 0.717) is 17.7 Å². The number of aryl methyl sites for hydroxylation is 1. The molecule has 1 N–H and O–H groups in total. The lowest BCUT2D eigenvalue weighted by atomic mass is 10.1. The van der Waals surface area contributed by atoms with Crippen LogP contribution < -0.4 is 10.2 Å². The largest absolute Gasteiger partial charge is 0.352 e. The van der Waals surface area contributed by atoms with Crippen molar-refractivity contribution in [2.75, 3.05) is 23.0 Å². The second-order valence-corrected chi connectivity index (χ2v) is 8.68. The highest BCUT2D eigenvalue weighted by Crippen LogP contribution is 2.27. The van der Waals surface area contributed by atoms with Gasteiger partial charge >= 0.3 is 0 Å². The van der Waals surface area contributed by atoms with Gasteiger partial charge in [0.15, 0.2) is 9.84 Å². The van der Waals surface area contributed by atoms with Gasteiger partial charge in [-0.1, -0.05) is 6.07 Å². The molecule has 2 heterocycles. The summed E-state index contributed by atoms with van der Waals surface area (Å²) in [6.45, 7) is 1.81. The zero-order chi connectivity index (χ0) is 17.5. The zero-order valence-electron chi connectivity index (χ0n) is 13.3. The van der Waals surface area contributed by atoms with Gasteiger partial charge in [-0.25, -0.2) is 12.8 Å². The van der Waals surface area contributed by atoms with E-state index in [1.165, 1.54) is 11.0 Å². The lowest BCUT2D eigenvalue weighted by molar-refractivity contribution is -0.126. The first kappa shape index (κ1) is 16.9. The molecule has 6 nitrogen and oxygen atoms in total. The Morgan fingerprint density at radius 3 is 2.75 bits per heavy atom. The van der Waals surface area contributed by atoms with Crippen molar-refractivity contribution >= 4 is 27.3 Å². The van der Waals surface area contributed by atoms with E-state index in [9.17, 15) is 22.4 Å². The van der Waals surface area contributed by atoms with Crippen molar-refractivity contribution < 1.29 is 22.4 Å². The number of halogens is 1. The molecule has 1 aromatic carbocycles. The summed E-state index contributed by atoms with van der Waals surface area (Å²) >= 11 is 0. The minimum absolute atomic E-state index is 0.0425. The highest BCUT2D eigenvalue weighted by molar-refractivity contribution is 7.91. The first-order valence-electron chi connectivity index (χ1n) is 7.82. The minimum Gasteiger partial charge on any atom is -0.352 e. The number of nitrogens with one attached hydrogen (secondary N) is 1. The predicted octanol–water partition coefficient (Wildman–Crippen LogP) is 0.790. The van der Waals surface area contributed by atoms with Gasteiger partial charge in [0, 0.05) is 24.7 Å². The molecule has 8 heteroatoms. The number of carbonyl (C=O) groups is 2. The van der Waals surface area contributed by atoms with Crippen LogP contribution in [0.4, 0.5) is 10.1 Å². The van der Waals surface area contributed by atoms with Crippen LogP contribution in [-0.2, 0) is 19.4 Å². The Balaban J connectivity index is 1.66. The summed E-state index contributed by atoms with van der Waals surface area (Å²) in [4.78, 5) is 25.9. The number of sulfone groups is 1. The second kappa shape index (κ2) is 6.16. The van der Waals surface area contributed by atoms with E-state index >= 15 is 0 Å². The van der Waals surface area contributed by atoms with E-state index in [2.05, 4.69) is 5.32 Å². The number of hydrogen-bond acceptors (Lipinski definition) is 4. The Morgan fingerprint density at radius 2 is 2.12 bits per heavy atom. The zero-order valence-corrected chi connectivity index (χ0v) is 14.1. The molecule has 0 aromatic heterocycles. The molecule has 3 rings (SSSR count). The Kier molecular flexibility index (Phi) is 4.33. The van der Waals surface area contributed by atoms with Gasteiger partial charge in [-0.2, -0.15) is 0 Å². The molecule has 2 aliphatic rings. The van der Waals surface area contributed by atoms with Crippen molar-refractivity contribution in [1.82, 2.24) is 5.32 Å². The smallest absolute Gasteiger partial charge is 0.227 e. The van der Waals surface area contributed by atoms with E-state index in [-0.39, 0.29) is 42.3 Å². The van der Waals surface area contributed by atoms with Crippen molar-refractivity contribution in [3.8, 4) is 0 Å². The van der Waals surface area contributed by atoms with Crippen molar-refractivity contribution in [2.24, 2.45) is 5.92 Å². The fourth-order valence-corrected chi connectivity index (χ4v) is 4.78. The van der Waals surface area contributed by atoms with Gasteiger partial charge in [0.2, 0.25) is 11.8 Å². The third-order valence-electron chi connectivity index (χ3n) is 4.54. The van der Waals surface area contributed by atoms with Crippen LogP contribution in [0.5, 0.6) is 0 Å². The highest BCUT2D eigenvalue weighted by atomic mass is 32.2. The summed E-state index contributed by atoms with van der Waals surface area (Å²) in [5.74, 6) is -1.48. The van der Waals surface area contributed by atoms with Crippen LogP contribution in [0.15, 0.2) is 18.2 Å². The summed E-state index contributed by atoms with van der Waals surface area (Å²) in [6, 6.07) is 4.15. The molecule has 0 radical (unpaired) electrons. The molecule has 1 aromatic rings. The van der Waals surface area contributed by atoms with E-state index in [4.69, 9.17) is 0 Å². The standard InChI is InChI=1S/C16H19FN2O4S/c1-10-2-3-13(7-14(10)17)19-8-11(6-15(19)20)16(21)18-12-4-5-24(22,23)9-12/h2-3,7,11-12H,4-6,8-9H2,1H3,(H,18,21)/t11-,12-/m1/s1. The molecular formula is C16H19FN2O4S. The van der Waals surface area contributed by atoms with Crippen molar-refractivity contribution in [1.29, 1.82) is 0 Å². The number of amides is 2. The topological polar surface area (TPSA) is 83.6 Å². The Hall–Kier alpha value is -1.96. The van der Waals surface area contributed by atoms with Crippen LogP contribution >= 0.6 is 0 Å². The summed E-state index contributed by atoms with van der Waals surface area (Å²) in [7, 11) is -3.07. The monoisotopic (exact) mass is 354 g/mol. The lowest BCUT2D eigenvalue weighted by Crippen LogP contribution is -2.40. The fourth-order valence-electron chi connectivity index (χ4n) is 3.11. The average molecular weight is 354 g/mol. The van der Waals surface area contributed by atoms with Gasteiger partial charge in [0.25, 0.3) is 0 Å². The molecule has 2 saturated heterocycles. The summed E-state index contributed by atoms with van der Waals surface area (Å²) in [5, 5.41) is 2.72. The van der Waals surface area contributed by atoms with Crippen LogP contribution in [0.1, 0.15) is 18.4 Å². The Labute approximate surface area is 139 Å². The first-order valence-corrected chi connectivity index (χ1v) is 9.64. The predicted molar refractivity (Wildman–Crippen MR) is 86.8 cm³/mol. The molecular weight excluding hydrogens is 335 g/mol. The van der Waals surface area contributed by atoms with Crippen LogP contribution in [0.25, 0.3) is 0 Å². The first-order chi connectivity index (χ1) is 11.2. The fraction of sp³-hybridized carbons (Fsp3) is 0.500. The van der Waals surface area contributed by atoms with Crippen molar-refractivity contribution in [3.05, 3.63) is 29.6 Å². The molecule has 24 heavy (non-hydrogen) atoms. The van der Waals surface area contributed by atoms with E-state index in [1.807, 2.05) is 0 Å². The normalized spacial score (nSPS) is 25.9. The summed E-state index contributed by atoms with van der Waals surface area (Å²) < 4.78 is 36.6. The quantitative estimate of drug-likeness (QED) is 0.870. The van der Waals surface area contributed by atoms with Crippen LogP contribution in [-0.4, -0.2) is 44.3 Å². The maximum absolute atomic E-state index is 13.7. The summed E-state index contributed by atoms with van der Waals surface area (Å²) in [5.41, 5.74) is 0.920. The lowest BCUT2D eigenvalue weighted by Gasteiger charge is -2.18. The Morgan fingerprint density at radius 1 is 1.38 bits per heavy atom. The SMILES string of the molecule is Cc1ccc(N2C[C@H](C(=O)N[C@@H]3CCS(=O)(=O)C3)CC2=O)cc1F. The maximum atomic E-state index is 13.7. The molecule has 0 spiro atoms. The number of benzene rings is 1. The van der Waals surface area contributed by atoms with Crippen molar-refractivity contribution in [2.45, 2.75) is 25.8 Å². The van der Waals surface area contributed by atoms with E-state index in [1.54, 1.807) is 19.1 Å². The third-order valence-corrected chi connectivity index (χ3v) is 6.31.